The van der Waals surface area contributed by atoms with Gasteiger partial charge in [-0.1, -0.05) is 6.92 Å². The van der Waals surface area contributed by atoms with E-state index in [-0.39, 0.29) is 25.3 Å². The van der Waals surface area contributed by atoms with E-state index in [4.69, 9.17) is 4.74 Å². The Morgan fingerprint density at radius 3 is 2.50 bits per heavy atom. The number of rotatable bonds is 6. The highest BCUT2D eigenvalue weighted by Gasteiger charge is 2.21. The maximum absolute atomic E-state index is 13.6. The summed E-state index contributed by atoms with van der Waals surface area (Å²) in [6, 6.07) is 2.72. The molecule has 0 unspecified atom stereocenters. The standard InChI is InChI=1S/C14H17F2NO3/c1-3-7-17(9-13(18)20-4-2)14(19)11-6-5-10(15)8-12(11)16/h5-6,8H,3-4,7,9H2,1-2H3. The van der Waals surface area contributed by atoms with Crippen LogP contribution in [0.4, 0.5) is 8.78 Å². The second-order valence-corrected chi connectivity index (χ2v) is 4.16. The van der Waals surface area contributed by atoms with Gasteiger partial charge in [0.05, 0.1) is 12.2 Å². The second-order valence-electron chi connectivity index (χ2n) is 4.16. The van der Waals surface area contributed by atoms with Crippen LogP contribution in [0.1, 0.15) is 30.6 Å². The van der Waals surface area contributed by atoms with Gasteiger partial charge in [-0.3, -0.25) is 9.59 Å². The molecule has 1 rings (SSSR count). The second kappa shape index (κ2) is 7.57. The number of carbonyl (C=O) groups excluding carboxylic acids is 2. The van der Waals surface area contributed by atoms with Crippen LogP contribution in [-0.2, 0) is 9.53 Å². The fourth-order valence-corrected chi connectivity index (χ4v) is 1.72. The third-order valence-corrected chi connectivity index (χ3v) is 2.57. The van der Waals surface area contributed by atoms with Crippen LogP contribution in [0.2, 0.25) is 0 Å². The predicted octanol–water partition coefficient (Wildman–Crippen LogP) is 2.38. The fourth-order valence-electron chi connectivity index (χ4n) is 1.72. The Labute approximate surface area is 116 Å². The minimum Gasteiger partial charge on any atom is -0.465 e. The van der Waals surface area contributed by atoms with Crippen LogP contribution in [0.15, 0.2) is 18.2 Å². The lowest BCUT2D eigenvalue weighted by atomic mass is 10.1. The van der Waals surface area contributed by atoms with Gasteiger partial charge in [0.2, 0.25) is 0 Å². The zero-order chi connectivity index (χ0) is 15.1. The molecule has 0 spiro atoms. The molecule has 0 aliphatic heterocycles. The van der Waals surface area contributed by atoms with Gasteiger partial charge >= 0.3 is 5.97 Å². The minimum atomic E-state index is -0.944. The average molecular weight is 285 g/mol. The molecule has 0 saturated carbocycles. The van der Waals surface area contributed by atoms with E-state index in [1.807, 2.05) is 6.92 Å². The van der Waals surface area contributed by atoms with Crippen molar-refractivity contribution >= 4 is 11.9 Å². The van der Waals surface area contributed by atoms with Crippen molar-refractivity contribution < 1.29 is 23.1 Å². The third-order valence-electron chi connectivity index (χ3n) is 2.57. The molecule has 6 heteroatoms. The molecule has 20 heavy (non-hydrogen) atoms. The molecule has 4 nitrogen and oxygen atoms in total. The maximum Gasteiger partial charge on any atom is 0.325 e. The van der Waals surface area contributed by atoms with E-state index >= 15 is 0 Å². The number of esters is 1. The monoisotopic (exact) mass is 285 g/mol. The van der Waals surface area contributed by atoms with Crippen molar-refractivity contribution in [2.24, 2.45) is 0 Å². The van der Waals surface area contributed by atoms with Crippen LogP contribution >= 0.6 is 0 Å². The highest BCUT2D eigenvalue weighted by atomic mass is 19.1. The number of amides is 1. The van der Waals surface area contributed by atoms with Gasteiger partial charge in [-0.15, -0.1) is 0 Å². The van der Waals surface area contributed by atoms with E-state index < -0.39 is 23.5 Å². The largest absolute Gasteiger partial charge is 0.465 e. The van der Waals surface area contributed by atoms with E-state index in [1.54, 1.807) is 6.92 Å². The molecule has 1 aromatic carbocycles. The topological polar surface area (TPSA) is 46.6 Å². The molecule has 0 fully saturated rings. The van der Waals surface area contributed by atoms with Gasteiger partial charge in [-0.2, -0.15) is 0 Å². The number of hydrogen-bond donors (Lipinski definition) is 0. The summed E-state index contributed by atoms with van der Waals surface area (Å²) < 4.78 is 31.2. The normalized spacial score (nSPS) is 10.2. The van der Waals surface area contributed by atoms with Crippen molar-refractivity contribution in [2.45, 2.75) is 20.3 Å². The lowest BCUT2D eigenvalue weighted by Gasteiger charge is -2.21. The predicted molar refractivity (Wildman–Crippen MR) is 69.2 cm³/mol. The zero-order valence-electron chi connectivity index (χ0n) is 11.5. The van der Waals surface area contributed by atoms with Crippen LogP contribution in [0.3, 0.4) is 0 Å². The van der Waals surface area contributed by atoms with Gasteiger partial charge in [0.25, 0.3) is 5.91 Å². The first-order chi connectivity index (χ1) is 9.49. The Hall–Kier alpha value is -1.98. The first-order valence-electron chi connectivity index (χ1n) is 6.39. The Morgan fingerprint density at radius 2 is 1.95 bits per heavy atom. The summed E-state index contributed by atoms with van der Waals surface area (Å²) in [5, 5.41) is 0. The van der Waals surface area contributed by atoms with Crippen molar-refractivity contribution in [3.63, 3.8) is 0 Å². The minimum absolute atomic E-state index is 0.206. The summed E-state index contributed by atoms with van der Waals surface area (Å²) in [4.78, 5) is 24.8. The number of carbonyl (C=O) groups is 2. The Balaban J connectivity index is 2.90. The summed E-state index contributed by atoms with van der Waals surface area (Å²) in [5.41, 5.74) is -0.260. The molecule has 0 atom stereocenters. The molecule has 0 aliphatic rings. The first-order valence-corrected chi connectivity index (χ1v) is 6.39. The smallest absolute Gasteiger partial charge is 0.325 e. The van der Waals surface area contributed by atoms with E-state index in [2.05, 4.69) is 0 Å². The molecule has 0 heterocycles. The molecule has 110 valence electrons. The van der Waals surface area contributed by atoms with Crippen molar-refractivity contribution in [3.05, 3.63) is 35.4 Å². The number of hydrogen-bond acceptors (Lipinski definition) is 3. The molecular weight excluding hydrogens is 268 g/mol. The van der Waals surface area contributed by atoms with E-state index in [1.165, 1.54) is 4.90 Å². The molecular formula is C14H17F2NO3. The highest BCUT2D eigenvalue weighted by molar-refractivity contribution is 5.96. The van der Waals surface area contributed by atoms with Crippen LogP contribution in [-0.4, -0.2) is 36.5 Å². The molecule has 0 aromatic heterocycles. The van der Waals surface area contributed by atoms with E-state index in [0.717, 1.165) is 12.1 Å². The summed E-state index contributed by atoms with van der Waals surface area (Å²) >= 11 is 0. The Kier molecular flexibility index (Phi) is 6.09. The molecule has 0 aliphatic carbocycles. The molecule has 1 amide bonds. The van der Waals surface area contributed by atoms with Crippen molar-refractivity contribution in [1.29, 1.82) is 0 Å². The van der Waals surface area contributed by atoms with Gasteiger partial charge in [0.1, 0.15) is 18.2 Å². The van der Waals surface area contributed by atoms with Crippen molar-refractivity contribution in [2.75, 3.05) is 19.7 Å². The lowest BCUT2D eigenvalue weighted by Crippen LogP contribution is -2.37. The first kappa shape index (κ1) is 16.1. The Morgan fingerprint density at radius 1 is 1.25 bits per heavy atom. The number of benzene rings is 1. The van der Waals surface area contributed by atoms with Gasteiger partial charge in [-0.05, 0) is 25.5 Å². The van der Waals surface area contributed by atoms with Crippen LogP contribution < -0.4 is 0 Å². The van der Waals surface area contributed by atoms with Crippen LogP contribution in [0.25, 0.3) is 0 Å². The molecule has 0 radical (unpaired) electrons. The summed E-state index contributed by atoms with van der Waals surface area (Å²) in [6.45, 7) is 3.72. The fraction of sp³-hybridized carbons (Fsp3) is 0.429. The SMILES string of the molecule is CCCN(CC(=O)OCC)C(=O)c1ccc(F)cc1F. The molecule has 0 saturated heterocycles. The van der Waals surface area contributed by atoms with E-state index in [0.29, 0.717) is 12.5 Å². The third kappa shape index (κ3) is 4.29. The van der Waals surface area contributed by atoms with Gasteiger partial charge < -0.3 is 9.64 Å². The van der Waals surface area contributed by atoms with Gasteiger partial charge in [-0.25, -0.2) is 8.78 Å². The summed E-state index contributed by atoms with van der Waals surface area (Å²) in [6.07, 6.45) is 0.605. The van der Waals surface area contributed by atoms with Gasteiger partial charge in [0.15, 0.2) is 0 Å². The molecule has 1 aromatic rings. The Bertz CT molecular complexity index is 491. The lowest BCUT2D eigenvalue weighted by molar-refractivity contribution is -0.143. The maximum atomic E-state index is 13.6. The van der Waals surface area contributed by atoms with Crippen molar-refractivity contribution in [1.82, 2.24) is 4.90 Å². The molecule has 0 bridgehead atoms. The summed E-state index contributed by atoms with van der Waals surface area (Å²) in [5.74, 6) is -2.92. The summed E-state index contributed by atoms with van der Waals surface area (Å²) in [7, 11) is 0. The van der Waals surface area contributed by atoms with E-state index in [9.17, 15) is 18.4 Å². The number of halogens is 2. The number of ether oxygens (including phenoxy) is 1. The average Bonchev–Trinajstić information content (AvgIpc) is 2.38. The van der Waals surface area contributed by atoms with Gasteiger partial charge in [0, 0.05) is 12.6 Å². The molecule has 0 N–H and O–H groups in total. The zero-order valence-corrected chi connectivity index (χ0v) is 11.5. The van der Waals surface area contributed by atoms with Crippen LogP contribution in [0, 0.1) is 11.6 Å². The quantitative estimate of drug-likeness (QED) is 0.754. The van der Waals surface area contributed by atoms with Crippen molar-refractivity contribution in [3.8, 4) is 0 Å². The highest BCUT2D eigenvalue weighted by Crippen LogP contribution is 2.13. The van der Waals surface area contributed by atoms with Crippen LogP contribution in [0.5, 0.6) is 0 Å². The number of nitrogens with zero attached hydrogens (tertiary/aromatic N) is 1.